The van der Waals surface area contributed by atoms with Crippen molar-refractivity contribution < 1.29 is 9.32 Å². The van der Waals surface area contributed by atoms with Crippen LogP contribution in [0.25, 0.3) is 0 Å². The summed E-state index contributed by atoms with van der Waals surface area (Å²) in [7, 11) is 0. The third-order valence-corrected chi connectivity index (χ3v) is 3.94. The van der Waals surface area contributed by atoms with Crippen LogP contribution in [0.4, 0.5) is 5.69 Å². The lowest BCUT2D eigenvalue weighted by atomic mass is 10.2. The first-order valence-electron chi connectivity index (χ1n) is 8.51. The molecule has 3 aromatic rings. The van der Waals surface area contributed by atoms with Gasteiger partial charge in [0.05, 0.1) is 11.7 Å². The molecule has 0 fully saturated rings. The summed E-state index contributed by atoms with van der Waals surface area (Å²) in [5.74, 6) is 0.522. The molecule has 7 heteroatoms. The number of hydrogen-bond acceptors (Lipinski definition) is 6. The highest BCUT2D eigenvalue weighted by atomic mass is 16.5. The molecule has 0 aliphatic heterocycles. The van der Waals surface area contributed by atoms with E-state index in [-0.39, 0.29) is 11.9 Å². The summed E-state index contributed by atoms with van der Waals surface area (Å²) in [6.07, 6.45) is 5.82. The molecule has 0 bridgehead atoms. The van der Waals surface area contributed by atoms with Crippen molar-refractivity contribution in [3.8, 4) is 0 Å². The van der Waals surface area contributed by atoms with Gasteiger partial charge in [0.2, 0.25) is 0 Å². The van der Waals surface area contributed by atoms with Crippen LogP contribution in [0.3, 0.4) is 0 Å². The summed E-state index contributed by atoms with van der Waals surface area (Å²) >= 11 is 0. The van der Waals surface area contributed by atoms with Crippen molar-refractivity contribution in [2.24, 2.45) is 0 Å². The highest BCUT2D eigenvalue weighted by Crippen LogP contribution is 2.20. The van der Waals surface area contributed by atoms with E-state index in [4.69, 9.17) is 4.52 Å². The van der Waals surface area contributed by atoms with Crippen LogP contribution >= 0.6 is 0 Å². The van der Waals surface area contributed by atoms with Gasteiger partial charge in [0.15, 0.2) is 5.76 Å². The van der Waals surface area contributed by atoms with Crippen LogP contribution in [0.5, 0.6) is 0 Å². The number of pyridine rings is 2. The second-order valence-electron chi connectivity index (χ2n) is 5.91. The molecule has 7 nitrogen and oxygen atoms in total. The van der Waals surface area contributed by atoms with E-state index in [1.54, 1.807) is 24.7 Å². The Morgan fingerprint density at radius 1 is 1.19 bits per heavy atom. The molecule has 1 atom stereocenters. The predicted octanol–water partition coefficient (Wildman–Crippen LogP) is 3.13. The van der Waals surface area contributed by atoms with Crippen LogP contribution in [-0.2, 0) is 13.0 Å². The Morgan fingerprint density at radius 3 is 2.73 bits per heavy atom. The fourth-order valence-electron chi connectivity index (χ4n) is 2.44. The van der Waals surface area contributed by atoms with Crippen molar-refractivity contribution in [2.75, 3.05) is 5.32 Å². The molecule has 0 saturated carbocycles. The van der Waals surface area contributed by atoms with Crippen molar-refractivity contribution in [1.82, 2.24) is 20.4 Å². The van der Waals surface area contributed by atoms with Gasteiger partial charge in [-0.05, 0) is 43.2 Å². The molecule has 1 amide bonds. The van der Waals surface area contributed by atoms with Crippen LogP contribution in [0, 0.1) is 0 Å². The summed E-state index contributed by atoms with van der Waals surface area (Å²) in [5.41, 5.74) is 3.03. The van der Waals surface area contributed by atoms with E-state index >= 15 is 0 Å². The highest BCUT2D eigenvalue weighted by molar-refractivity contribution is 5.93. The number of aromatic nitrogens is 3. The molecule has 0 aromatic carbocycles. The van der Waals surface area contributed by atoms with Crippen LogP contribution in [0.15, 0.2) is 53.4 Å². The molecule has 0 saturated heterocycles. The number of nitrogens with zero attached hydrogens (tertiary/aromatic N) is 3. The van der Waals surface area contributed by atoms with Crippen molar-refractivity contribution in [2.45, 2.75) is 32.9 Å². The lowest BCUT2D eigenvalue weighted by molar-refractivity contribution is 0.0946. The minimum Gasteiger partial charge on any atom is -0.375 e. The molecule has 26 heavy (non-hydrogen) atoms. The van der Waals surface area contributed by atoms with Gasteiger partial charge >= 0.3 is 0 Å². The molecule has 0 unspecified atom stereocenters. The first-order valence-corrected chi connectivity index (χ1v) is 8.51. The quantitative estimate of drug-likeness (QED) is 0.679. The van der Waals surface area contributed by atoms with Gasteiger partial charge in [-0.2, -0.15) is 0 Å². The van der Waals surface area contributed by atoms with Crippen LogP contribution in [0.1, 0.15) is 47.4 Å². The average molecular weight is 351 g/mol. The number of nitrogens with one attached hydrogen (secondary N) is 2. The Kier molecular flexibility index (Phi) is 5.58. The molecule has 0 aliphatic rings. The van der Waals surface area contributed by atoms with Crippen molar-refractivity contribution in [3.63, 3.8) is 0 Å². The fraction of sp³-hybridized carbons (Fsp3) is 0.263. The van der Waals surface area contributed by atoms with Gasteiger partial charge in [-0.1, -0.05) is 12.1 Å². The molecular weight excluding hydrogens is 330 g/mol. The van der Waals surface area contributed by atoms with E-state index in [1.165, 1.54) is 0 Å². The summed E-state index contributed by atoms with van der Waals surface area (Å²) in [5, 5.41) is 10.2. The largest absolute Gasteiger partial charge is 0.375 e. The van der Waals surface area contributed by atoms with Crippen molar-refractivity contribution in [3.05, 3.63) is 71.6 Å². The van der Waals surface area contributed by atoms with Crippen LogP contribution < -0.4 is 10.6 Å². The van der Waals surface area contributed by atoms with E-state index in [1.807, 2.05) is 38.1 Å². The van der Waals surface area contributed by atoms with E-state index < -0.39 is 0 Å². The lowest BCUT2D eigenvalue weighted by Gasteiger charge is -2.13. The second kappa shape index (κ2) is 8.24. The number of carbonyl (C=O) groups is 1. The number of amides is 1. The molecular formula is C19H21N5O2. The Balaban J connectivity index is 1.62. The van der Waals surface area contributed by atoms with Gasteiger partial charge in [-0.3, -0.25) is 14.8 Å². The second-order valence-corrected chi connectivity index (χ2v) is 5.91. The number of rotatable bonds is 7. The normalized spacial score (nSPS) is 11.8. The third-order valence-electron chi connectivity index (χ3n) is 3.94. The van der Waals surface area contributed by atoms with E-state index in [2.05, 4.69) is 25.8 Å². The molecule has 0 radical (unpaired) electrons. The van der Waals surface area contributed by atoms with Gasteiger partial charge in [0.25, 0.3) is 5.91 Å². The Bertz CT molecular complexity index is 863. The average Bonchev–Trinajstić information content (AvgIpc) is 3.16. The molecule has 134 valence electrons. The van der Waals surface area contributed by atoms with Crippen LogP contribution in [-0.4, -0.2) is 21.0 Å². The molecule has 3 aromatic heterocycles. The number of aryl methyl sites for hydroxylation is 1. The van der Waals surface area contributed by atoms with Crippen molar-refractivity contribution >= 4 is 11.6 Å². The number of carbonyl (C=O) groups excluding carboxylic acids is 1. The van der Waals surface area contributed by atoms with Gasteiger partial charge in [-0.15, -0.1) is 0 Å². The molecule has 3 rings (SSSR count). The fourth-order valence-corrected chi connectivity index (χ4v) is 2.44. The van der Waals surface area contributed by atoms with Crippen LogP contribution in [0.2, 0.25) is 0 Å². The molecule has 3 heterocycles. The van der Waals surface area contributed by atoms with Gasteiger partial charge < -0.3 is 15.2 Å². The van der Waals surface area contributed by atoms with E-state index in [9.17, 15) is 4.79 Å². The zero-order valence-corrected chi connectivity index (χ0v) is 14.8. The van der Waals surface area contributed by atoms with E-state index in [0.717, 1.165) is 29.1 Å². The van der Waals surface area contributed by atoms with Gasteiger partial charge in [0, 0.05) is 36.9 Å². The minimum atomic E-state index is -0.231. The zero-order chi connectivity index (χ0) is 18.4. The summed E-state index contributed by atoms with van der Waals surface area (Å²) in [6.45, 7) is 4.43. The van der Waals surface area contributed by atoms with Gasteiger partial charge in [0.1, 0.15) is 5.69 Å². The number of hydrogen-bond donors (Lipinski definition) is 2. The Hall–Kier alpha value is -3.22. The topological polar surface area (TPSA) is 92.9 Å². The maximum absolute atomic E-state index is 12.3. The maximum Gasteiger partial charge on any atom is 0.270 e. The first kappa shape index (κ1) is 17.6. The SMILES string of the molecule is CCc1cc([C@H](C)Nc2ccnc(C(=O)NCc3ccncc3)c2)on1. The van der Waals surface area contributed by atoms with E-state index in [0.29, 0.717) is 12.2 Å². The summed E-state index contributed by atoms with van der Waals surface area (Å²) < 4.78 is 5.34. The Labute approximate surface area is 151 Å². The summed E-state index contributed by atoms with van der Waals surface area (Å²) in [4.78, 5) is 20.4. The molecule has 2 N–H and O–H groups in total. The van der Waals surface area contributed by atoms with Crippen molar-refractivity contribution in [1.29, 1.82) is 0 Å². The monoisotopic (exact) mass is 351 g/mol. The maximum atomic E-state index is 12.3. The molecule has 0 spiro atoms. The predicted molar refractivity (Wildman–Crippen MR) is 97.6 cm³/mol. The zero-order valence-electron chi connectivity index (χ0n) is 14.8. The highest BCUT2D eigenvalue weighted by Gasteiger charge is 2.13. The third kappa shape index (κ3) is 4.44. The lowest BCUT2D eigenvalue weighted by Crippen LogP contribution is -2.24. The Morgan fingerprint density at radius 2 is 2.00 bits per heavy atom. The molecule has 0 aliphatic carbocycles. The summed E-state index contributed by atoms with van der Waals surface area (Å²) in [6, 6.07) is 9.10. The smallest absolute Gasteiger partial charge is 0.270 e. The minimum absolute atomic E-state index is 0.0714. The first-order chi connectivity index (χ1) is 12.7. The standard InChI is InChI=1S/C19H21N5O2/c1-3-15-11-18(26-24-15)13(2)23-16-6-9-21-17(10-16)19(25)22-12-14-4-7-20-8-5-14/h4-11,13H,3,12H2,1-2H3,(H,21,23)(H,22,25)/t13-/m0/s1. The number of anilines is 1. The van der Waals surface area contributed by atoms with Gasteiger partial charge in [-0.25, -0.2) is 0 Å².